The van der Waals surface area contributed by atoms with Crippen molar-refractivity contribution in [3.63, 3.8) is 0 Å². The number of nitrogens with zero attached hydrogens (tertiary/aromatic N) is 1. The molecule has 1 aromatic rings. The molecule has 0 aliphatic heterocycles. The zero-order valence-corrected chi connectivity index (χ0v) is 13.6. The first kappa shape index (κ1) is 16.6. The second kappa shape index (κ2) is 7.49. The van der Waals surface area contributed by atoms with Crippen LogP contribution in [0.5, 0.6) is 5.75 Å². The van der Waals surface area contributed by atoms with Gasteiger partial charge in [-0.2, -0.15) is 0 Å². The van der Waals surface area contributed by atoms with Crippen LogP contribution in [0.25, 0.3) is 0 Å². The third-order valence-electron chi connectivity index (χ3n) is 3.66. The smallest absolute Gasteiger partial charge is 0.318 e. The van der Waals surface area contributed by atoms with E-state index in [9.17, 15) is 4.79 Å². The maximum atomic E-state index is 12.3. The van der Waals surface area contributed by atoms with Crippen molar-refractivity contribution in [3.8, 4) is 5.75 Å². The summed E-state index contributed by atoms with van der Waals surface area (Å²) in [5, 5.41) is 12.1. The van der Waals surface area contributed by atoms with Gasteiger partial charge in [0.05, 0.1) is 18.8 Å². The van der Waals surface area contributed by atoms with Crippen LogP contribution in [0.1, 0.15) is 45.2 Å². The van der Waals surface area contributed by atoms with E-state index in [1.54, 1.807) is 4.90 Å². The number of ether oxygens (including phenoxy) is 1. The topological polar surface area (TPSA) is 61.8 Å². The van der Waals surface area contributed by atoms with Gasteiger partial charge in [0, 0.05) is 12.6 Å². The Morgan fingerprint density at radius 1 is 1.41 bits per heavy atom. The van der Waals surface area contributed by atoms with Gasteiger partial charge >= 0.3 is 6.03 Å². The molecule has 1 saturated carbocycles. The van der Waals surface area contributed by atoms with Crippen molar-refractivity contribution >= 4 is 6.03 Å². The molecule has 2 N–H and O–H groups in total. The van der Waals surface area contributed by atoms with E-state index >= 15 is 0 Å². The number of urea groups is 1. The van der Waals surface area contributed by atoms with Crippen molar-refractivity contribution in [2.24, 2.45) is 0 Å². The minimum atomic E-state index is -0.112. The van der Waals surface area contributed by atoms with Crippen LogP contribution in [-0.2, 0) is 0 Å². The minimum Gasteiger partial charge on any atom is -0.491 e. The summed E-state index contributed by atoms with van der Waals surface area (Å²) in [6, 6.07) is 7.85. The van der Waals surface area contributed by atoms with E-state index in [0.29, 0.717) is 6.54 Å². The predicted molar refractivity (Wildman–Crippen MR) is 86.0 cm³/mol. The lowest BCUT2D eigenvalue weighted by Gasteiger charge is -2.25. The summed E-state index contributed by atoms with van der Waals surface area (Å²) in [5.41, 5.74) is 1.01. The van der Waals surface area contributed by atoms with Gasteiger partial charge in [-0.25, -0.2) is 4.79 Å². The van der Waals surface area contributed by atoms with E-state index in [1.807, 2.05) is 45.0 Å². The van der Waals surface area contributed by atoms with Crippen LogP contribution in [0, 0.1) is 0 Å². The minimum absolute atomic E-state index is 0.00395. The normalized spacial score (nSPS) is 15.5. The fourth-order valence-electron chi connectivity index (χ4n) is 2.42. The number of hydrogen-bond acceptors (Lipinski definition) is 3. The Morgan fingerprint density at radius 3 is 2.73 bits per heavy atom. The van der Waals surface area contributed by atoms with Crippen LogP contribution >= 0.6 is 0 Å². The first-order valence-electron chi connectivity index (χ1n) is 7.96. The highest BCUT2D eigenvalue weighted by atomic mass is 16.5. The molecular weight excluding hydrogens is 280 g/mol. The highest BCUT2D eigenvalue weighted by Crippen LogP contribution is 2.27. The quantitative estimate of drug-likeness (QED) is 0.814. The summed E-state index contributed by atoms with van der Waals surface area (Å²) < 4.78 is 5.69. The zero-order chi connectivity index (χ0) is 16.1. The average molecular weight is 306 g/mol. The zero-order valence-electron chi connectivity index (χ0n) is 13.6. The molecular formula is C17H26N2O3. The summed E-state index contributed by atoms with van der Waals surface area (Å²) in [5.74, 6) is 0.808. The molecule has 0 aromatic heterocycles. The molecule has 0 heterocycles. The van der Waals surface area contributed by atoms with Crippen molar-refractivity contribution < 1.29 is 14.6 Å². The van der Waals surface area contributed by atoms with Crippen LogP contribution in [0.2, 0.25) is 0 Å². The van der Waals surface area contributed by atoms with Gasteiger partial charge in [-0.15, -0.1) is 0 Å². The molecule has 122 valence electrons. The highest BCUT2D eigenvalue weighted by molar-refractivity contribution is 5.75. The molecule has 1 aromatic carbocycles. The van der Waals surface area contributed by atoms with Crippen molar-refractivity contribution in [1.29, 1.82) is 0 Å². The molecule has 1 fully saturated rings. The molecule has 5 heteroatoms. The maximum absolute atomic E-state index is 12.3. The molecule has 1 unspecified atom stereocenters. The Kier molecular flexibility index (Phi) is 5.66. The number of hydrogen-bond donors (Lipinski definition) is 2. The molecule has 1 atom stereocenters. The Labute approximate surface area is 132 Å². The van der Waals surface area contributed by atoms with Crippen LogP contribution < -0.4 is 10.1 Å². The number of rotatable bonds is 7. The first-order valence-corrected chi connectivity index (χ1v) is 7.96. The monoisotopic (exact) mass is 306 g/mol. The van der Waals surface area contributed by atoms with Gasteiger partial charge in [0.25, 0.3) is 0 Å². The third-order valence-corrected chi connectivity index (χ3v) is 3.66. The number of carbonyl (C=O) groups excluding carboxylic acids is 1. The van der Waals surface area contributed by atoms with Crippen LogP contribution in [0.4, 0.5) is 4.79 Å². The molecule has 1 aliphatic rings. The van der Waals surface area contributed by atoms with Gasteiger partial charge < -0.3 is 20.1 Å². The van der Waals surface area contributed by atoms with E-state index in [4.69, 9.17) is 9.84 Å². The number of amides is 2. The van der Waals surface area contributed by atoms with E-state index in [-0.39, 0.29) is 30.8 Å². The molecule has 2 rings (SSSR count). The lowest BCUT2D eigenvalue weighted by molar-refractivity contribution is 0.171. The molecule has 0 saturated heterocycles. The molecule has 0 bridgehead atoms. The van der Waals surface area contributed by atoms with Gasteiger partial charge in [-0.3, -0.25) is 0 Å². The number of aliphatic hydroxyl groups excluding tert-OH is 1. The number of aliphatic hydroxyl groups is 1. The van der Waals surface area contributed by atoms with E-state index in [1.165, 1.54) is 0 Å². The van der Waals surface area contributed by atoms with Crippen LogP contribution in [-0.4, -0.2) is 41.3 Å². The largest absolute Gasteiger partial charge is 0.491 e. The van der Waals surface area contributed by atoms with Gasteiger partial charge in [-0.05, 0) is 51.3 Å². The third kappa shape index (κ3) is 4.63. The van der Waals surface area contributed by atoms with Gasteiger partial charge in [-0.1, -0.05) is 12.1 Å². The Hall–Kier alpha value is -1.75. The van der Waals surface area contributed by atoms with Crippen molar-refractivity contribution in [2.75, 3.05) is 13.2 Å². The molecule has 0 radical (unpaired) electrons. The number of carbonyl (C=O) groups is 1. The molecule has 2 amide bonds. The SMILES string of the molecule is CC(C)Oc1cccc(C(C)NC(=O)N(CCO)C2CC2)c1. The standard InChI is InChI=1S/C17H26N2O3/c1-12(2)22-16-6-4-5-14(11-16)13(3)18-17(21)19(9-10-20)15-7-8-15/h4-6,11-13,15,20H,7-10H2,1-3H3,(H,18,21). The van der Waals surface area contributed by atoms with E-state index in [0.717, 1.165) is 24.2 Å². The van der Waals surface area contributed by atoms with Crippen molar-refractivity contribution in [1.82, 2.24) is 10.2 Å². The van der Waals surface area contributed by atoms with Crippen LogP contribution in [0.3, 0.4) is 0 Å². The lowest BCUT2D eigenvalue weighted by atomic mass is 10.1. The number of nitrogens with one attached hydrogen (secondary N) is 1. The summed E-state index contributed by atoms with van der Waals surface area (Å²) in [6.07, 6.45) is 2.18. The fraction of sp³-hybridized carbons (Fsp3) is 0.588. The fourth-order valence-corrected chi connectivity index (χ4v) is 2.42. The Balaban J connectivity index is 1.98. The second-order valence-corrected chi connectivity index (χ2v) is 6.06. The van der Waals surface area contributed by atoms with Gasteiger partial charge in [0.1, 0.15) is 5.75 Å². The van der Waals surface area contributed by atoms with Crippen molar-refractivity contribution in [3.05, 3.63) is 29.8 Å². The van der Waals surface area contributed by atoms with Gasteiger partial charge in [0.15, 0.2) is 0 Å². The molecule has 22 heavy (non-hydrogen) atoms. The summed E-state index contributed by atoms with van der Waals surface area (Å²) in [6.45, 7) is 6.31. The highest BCUT2D eigenvalue weighted by Gasteiger charge is 2.32. The second-order valence-electron chi connectivity index (χ2n) is 6.06. The van der Waals surface area contributed by atoms with Crippen LogP contribution in [0.15, 0.2) is 24.3 Å². The average Bonchev–Trinajstić information content (AvgIpc) is 3.28. The maximum Gasteiger partial charge on any atom is 0.318 e. The molecule has 0 spiro atoms. The summed E-state index contributed by atoms with van der Waals surface area (Å²) in [4.78, 5) is 14.1. The van der Waals surface area contributed by atoms with E-state index < -0.39 is 0 Å². The molecule has 1 aliphatic carbocycles. The summed E-state index contributed by atoms with van der Waals surface area (Å²) >= 11 is 0. The Morgan fingerprint density at radius 2 is 2.14 bits per heavy atom. The molecule has 5 nitrogen and oxygen atoms in total. The van der Waals surface area contributed by atoms with Gasteiger partial charge in [0.2, 0.25) is 0 Å². The summed E-state index contributed by atoms with van der Waals surface area (Å²) in [7, 11) is 0. The predicted octanol–water partition coefficient (Wildman–Crippen LogP) is 2.70. The lowest BCUT2D eigenvalue weighted by Crippen LogP contribution is -2.43. The van der Waals surface area contributed by atoms with E-state index in [2.05, 4.69) is 5.32 Å². The Bertz CT molecular complexity index is 500. The number of benzene rings is 1. The van der Waals surface area contributed by atoms with Crippen molar-refractivity contribution in [2.45, 2.75) is 51.8 Å². The first-order chi connectivity index (χ1) is 10.5.